The van der Waals surface area contributed by atoms with E-state index in [0.29, 0.717) is 6.04 Å². The quantitative estimate of drug-likeness (QED) is 0.811. The van der Waals surface area contributed by atoms with E-state index in [9.17, 15) is 5.11 Å². The number of aryl methyl sites for hydroxylation is 1. The van der Waals surface area contributed by atoms with E-state index in [1.54, 1.807) is 7.11 Å². The Labute approximate surface area is 128 Å². The molecule has 1 aromatic carbocycles. The number of hydrogen-bond acceptors (Lipinski definition) is 3. The standard InChI is InChI=1S/C18H29NO2/c1-14(19-13-16-5-9-17(20)10-6-16)3-4-15-7-11-18(21-2)12-8-15/h7-8,11-12,14,16-17,19-20H,3-6,9-10,13H2,1-2H3. The van der Waals surface area contributed by atoms with Gasteiger partial charge >= 0.3 is 0 Å². The van der Waals surface area contributed by atoms with E-state index < -0.39 is 0 Å². The van der Waals surface area contributed by atoms with Crippen molar-refractivity contribution in [3.8, 4) is 5.75 Å². The molecule has 0 saturated heterocycles. The molecule has 0 heterocycles. The maximum Gasteiger partial charge on any atom is 0.118 e. The molecule has 0 radical (unpaired) electrons. The van der Waals surface area contributed by atoms with Gasteiger partial charge in [0, 0.05) is 6.04 Å². The molecular formula is C18H29NO2. The summed E-state index contributed by atoms with van der Waals surface area (Å²) in [7, 11) is 1.70. The first kappa shape index (κ1) is 16.3. The van der Waals surface area contributed by atoms with Crippen molar-refractivity contribution in [1.82, 2.24) is 5.32 Å². The van der Waals surface area contributed by atoms with Crippen LogP contribution in [0.15, 0.2) is 24.3 Å². The Hall–Kier alpha value is -1.06. The highest BCUT2D eigenvalue weighted by Gasteiger charge is 2.19. The van der Waals surface area contributed by atoms with Gasteiger partial charge in [-0.25, -0.2) is 0 Å². The van der Waals surface area contributed by atoms with E-state index in [1.807, 2.05) is 12.1 Å². The molecule has 1 saturated carbocycles. The third kappa shape index (κ3) is 5.68. The summed E-state index contributed by atoms with van der Waals surface area (Å²) in [6, 6.07) is 8.89. The zero-order valence-corrected chi connectivity index (χ0v) is 13.3. The fourth-order valence-corrected chi connectivity index (χ4v) is 2.99. The Balaban J connectivity index is 1.63. The molecule has 0 bridgehead atoms. The summed E-state index contributed by atoms with van der Waals surface area (Å²) in [6.45, 7) is 3.36. The number of nitrogens with one attached hydrogen (secondary N) is 1. The second-order valence-corrected chi connectivity index (χ2v) is 6.37. The lowest BCUT2D eigenvalue weighted by Gasteiger charge is -2.27. The number of aliphatic hydroxyl groups excluding tert-OH is 1. The third-order valence-electron chi connectivity index (χ3n) is 4.60. The van der Waals surface area contributed by atoms with Gasteiger partial charge < -0.3 is 15.2 Å². The third-order valence-corrected chi connectivity index (χ3v) is 4.60. The van der Waals surface area contributed by atoms with Gasteiger partial charge in [-0.15, -0.1) is 0 Å². The van der Waals surface area contributed by atoms with Gasteiger partial charge in [-0.05, 0) is 75.6 Å². The van der Waals surface area contributed by atoms with E-state index >= 15 is 0 Å². The first-order chi connectivity index (χ1) is 10.2. The van der Waals surface area contributed by atoms with Crippen LogP contribution in [0.1, 0.15) is 44.6 Å². The van der Waals surface area contributed by atoms with Crippen molar-refractivity contribution in [1.29, 1.82) is 0 Å². The van der Waals surface area contributed by atoms with Crippen LogP contribution in [-0.2, 0) is 6.42 Å². The van der Waals surface area contributed by atoms with Gasteiger partial charge in [-0.1, -0.05) is 12.1 Å². The number of benzene rings is 1. The summed E-state index contributed by atoms with van der Waals surface area (Å²) in [5, 5.41) is 13.2. The molecule has 1 aliphatic carbocycles. The Morgan fingerprint density at radius 2 is 1.86 bits per heavy atom. The van der Waals surface area contributed by atoms with E-state index in [-0.39, 0.29) is 6.10 Å². The van der Waals surface area contributed by atoms with Gasteiger partial charge in [0.25, 0.3) is 0 Å². The summed E-state index contributed by atoms with van der Waals surface area (Å²) in [5.41, 5.74) is 1.37. The van der Waals surface area contributed by atoms with Crippen molar-refractivity contribution >= 4 is 0 Å². The lowest BCUT2D eigenvalue weighted by atomic mass is 9.87. The highest BCUT2D eigenvalue weighted by molar-refractivity contribution is 5.27. The largest absolute Gasteiger partial charge is 0.497 e. The van der Waals surface area contributed by atoms with Crippen molar-refractivity contribution in [2.45, 2.75) is 57.6 Å². The van der Waals surface area contributed by atoms with Gasteiger partial charge in [-0.3, -0.25) is 0 Å². The van der Waals surface area contributed by atoms with Crippen molar-refractivity contribution < 1.29 is 9.84 Å². The van der Waals surface area contributed by atoms with Crippen LogP contribution in [0.4, 0.5) is 0 Å². The molecule has 0 spiro atoms. The molecule has 3 heteroatoms. The Morgan fingerprint density at radius 3 is 2.48 bits per heavy atom. The number of ether oxygens (including phenoxy) is 1. The number of methoxy groups -OCH3 is 1. The summed E-state index contributed by atoms with van der Waals surface area (Å²) in [6.07, 6.45) is 6.50. The van der Waals surface area contributed by atoms with Crippen LogP contribution in [0.5, 0.6) is 5.75 Å². The van der Waals surface area contributed by atoms with Gasteiger partial charge in [-0.2, -0.15) is 0 Å². The van der Waals surface area contributed by atoms with Crippen molar-refractivity contribution in [2.75, 3.05) is 13.7 Å². The Bertz CT molecular complexity index is 396. The lowest BCUT2D eigenvalue weighted by molar-refractivity contribution is 0.107. The van der Waals surface area contributed by atoms with E-state index in [4.69, 9.17) is 4.74 Å². The van der Waals surface area contributed by atoms with E-state index in [0.717, 1.165) is 43.9 Å². The molecule has 1 aromatic rings. The molecule has 21 heavy (non-hydrogen) atoms. The van der Waals surface area contributed by atoms with Gasteiger partial charge in [0.1, 0.15) is 5.75 Å². The highest BCUT2D eigenvalue weighted by atomic mass is 16.5. The van der Waals surface area contributed by atoms with Crippen molar-refractivity contribution in [2.24, 2.45) is 5.92 Å². The lowest BCUT2D eigenvalue weighted by Crippen LogP contribution is -2.33. The maximum absolute atomic E-state index is 9.52. The predicted molar refractivity (Wildman–Crippen MR) is 86.7 cm³/mol. The Kier molecular flexibility index (Phi) is 6.52. The number of aliphatic hydroxyl groups is 1. The monoisotopic (exact) mass is 291 g/mol. The first-order valence-corrected chi connectivity index (χ1v) is 8.21. The zero-order valence-electron chi connectivity index (χ0n) is 13.3. The fourth-order valence-electron chi connectivity index (χ4n) is 2.99. The summed E-state index contributed by atoms with van der Waals surface area (Å²) in [4.78, 5) is 0. The van der Waals surface area contributed by atoms with E-state index in [1.165, 1.54) is 18.4 Å². The minimum atomic E-state index is -0.0475. The molecule has 118 valence electrons. The number of hydrogen-bond donors (Lipinski definition) is 2. The van der Waals surface area contributed by atoms with Crippen LogP contribution in [0.3, 0.4) is 0 Å². The molecular weight excluding hydrogens is 262 g/mol. The first-order valence-electron chi connectivity index (χ1n) is 8.21. The van der Waals surface area contributed by atoms with Crippen LogP contribution < -0.4 is 10.1 Å². The van der Waals surface area contributed by atoms with Crippen LogP contribution in [0.2, 0.25) is 0 Å². The molecule has 2 N–H and O–H groups in total. The molecule has 2 rings (SSSR count). The average Bonchev–Trinajstić information content (AvgIpc) is 2.53. The number of rotatable bonds is 7. The van der Waals surface area contributed by atoms with Crippen LogP contribution in [0, 0.1) is 5.92 Å². The summed E-state index contributed by atoms with van der Waals surface area (Å²) < 4.78 is 5.18. The molecule has 0 aromatic heterocycles. The highest BCUT2D eigenvalue weighted by Crippen LogP contribution is 2.23. The molecule has 0 aliphatic heterocycles. The summed E-state index contributed by atoms with van der Waals surface area (Å²) in [5.74, 6) is 1.67. The van der Waals surface area contributed by atoms with Crippen LogP contribution in [0.25, 0.3) is 0 Å². The van der Waals surface area contributed by atoms with Crippen LogP contribution in [-0.4, -0.2) is 30.9 Å². The minimum absolute atomic E-state index is 0.0475. The normalized spacial score (nSPS) is 23.8. The topological polar surface area (TPSA) is 41.5 Å². The van der Waals surface area contributed by atoms with Gasteiger partial charge in [0.15, 0.2) is 0 Å². The maximum atomic E-state index is 9.52. The minimum Gasteiger partial charge on any atom is -0.497 e. The average molecular weight is 291 g/mol. The van der Waals surface area contributed by atoms with E-state index in [2.05, 4.69) is 24.4 Å². The Morgan fingerprint density at radius 1 is 1.19 bits per heavy atom. The summed E-state index contributed by atoms with van der Waals surface area (Å²) >= 11 is 0. The predicted octanol–water partition coefficient (Wildman–Crippen LogP) is 3.16. The SMILES string of the molecule is COc1ccc(CCC(C)NCC2CCC(O)CC2)cc1. The van der Waals surface area contributed by atoms with Crippen molar-refractivity contribution in [3.05, 3.63) is 29.8 Å². The molecule has 1 fully saturated rings. The second kappa shape index (κ2) is 8.40. The smallest absolute Gasteiger partial charge is 0.118 e. The van der Waals surface area contributed by atoms with Crippen LogP contribution >= 0.6 is 0 Å². The van der Waals surface area contributed by atoms with Crippen molar-refractivity contribution in [3.63, 3.8) is 0 Å². The molecule has 1 aliphatic rings. The molecule has 0 amide bonds. The fraction of sp³-hybridized carbons (Fsp3) is 0.667. The molecule has 1 unspecified atom stereocenters. The molecule has 1 atom stereocenters. The zero-order chi connectivity index (χ0) is 15.1. The second-order valence-electron chi connectivity index (χ2n) is 6.37. The van der Waals surface area contributed by atoms with Gasteiger partial charge in [0.05, 0.1) is 13.2 Å². The van der Waals surface area contributed by atoms with Gasteiger partial charge in [0.2, 0.25) is 0 Å². The molecule has 3 nitrogen and oxygen atoms in total.